The van der Waals surface area contributed by atoms with Gasteiger partial charge in [-0.1, -0.05) is 24.8 Å². The number of nitrogens with one attached hydrogen (secondary N) is 3. The maximum Gasteiger partial charge on any atom is 0.116 e. The molecule has 0 aliphatic heterocycles. The molecule has 6 rings (SSSR count). The summed E-state index contributed by atoms with van der Waals surface area (Å²) in [6.45, 7) is 4.84. The minimum atomic E-state index is 0.736. The average molecular weight is 487 g/mol. The Labute approximate surface area is 214 Å². The standard InChI is InChI=1S/C29H26N8/c1-18(17-37(2)3)33-21-10-20(14-31-15-21)26-12-24-28(16-32-26)35-36-29(24)27-11-23-22(7-4-8-25(23)34-27)19-6-5-9-30-13-19/h4-16,33-34H,1,17H2,2-3H3,(H,35,36). The second-order valence-electron chi connectivity index (χ2n) is 9.31. The van der Waals surface area contributed by atoms with Crippen LogP contribution in [0, 0.1) is 0 Å². The van der Waals surface area contributed by atoms with Gasteiger partial charge in [-0.15, -0.1) is 0 Å². The van der Waals surface area contributed by atoms with E-state index in [1.54, 1.807) is 12.4 Å². The second kappa shape index (κ2) is 9.33. The van der Waals surface area contributed by atoms with Crippen molar-refractivity contribution in [2.45, 2.75) is 0 Å². The summed E-state index contributed by atoms with van der Waals surface area (Å²) in [5.41, 5.74) is 9.38. The number of nitrogens with zero attached hydrogens (tertiary/aromatic N) is 5. The fourth-order valence-electron chi connectivity index (χ4n) is 4.61. The summed E-state index contributed by atoms with van der Waals surface area (Å²) in [7, 11) is 4.02. The Morgan fingerprint density at radius 1 is 0.919 bits per heavy atom. The van der Waals surface area contributed by atoms with Gasteiger partial charge in [0.2, 0.25) is 0 Å². The van der Waals surface area contributed by atoms with Crippen molar-refractivity contribution in [1.29, 1.82) is 0 Å². The highest BCUT2D eigenvalue weighted by Crippen LogP contribution is 2.34. The molecule has 0 bridgehead atoms. The molecule has 6 aromatic rings. The number of anilines is 1. The average Bonchev–Trinajstić information content (AvgIpc) is 3.52. The van der Waals surface area contributed by atoms with Gasteiger partial charge in [-0.25, -0.2) is 0 Å². The molecule has 3 N–H and O–H groups in total. The van der Waals surface area contributed by atoms with E-state index in [2.05, 4.69) is 83.3 Å². The largest absolute Gasteiger partial charge is 0.357 e. The van der Waals surface area contributed by atoms with Crippen LogP contribution >= 0.6 is 0 Å². The molecular weight excluding hydrogens is 460 g/mol. The van der Waals surface area contributed by atoms with Gasteiger partial charge >= 0.3 is 0 Å². The number of H-pyrrole nitrogens is 2. The molecule has 8 heteroatoms. The predicted molar refractivity (Wildman–Crippen MR) is 149 cm³/mol. The third-order valence-electron chi connectivity index (χ3n) is 6.20. The minimum absolute atomic E-state index is 0.736. The number of fused-ring (bicyclic) bond motifs is 2. The second-order valence-corrected chi connectivity index (χ2v) is 9.31. The monoisotopic (exact) mass is 486 g/mol. The van der Waals surface area contributed by atoms with Gasteiger partial charge in [0.1, 0.15) is 5.69 Å². The van der Waals surface area contributed by atoms with Crippen LogP contribution in [0.2, 0.25) is 0 Å². The van der Waals surface area contributed by atoms with Crippen molar-refractivity contribution in [3.63, 3.8) is 0 Å². The van der Waals surface area contributed by atoms with Crippen LogP contribution in [-0.4, -0.2) is 55.7 Å². The molecule has 5 heterocycles. The fourth-order valence-corrected chi connectivity index (χ4v) is 4.61. The van der Waals surface area contributed by atoms with E-state index in [-0.39, 0.29) is 0 Å². The van der Waals surface area contributed by atoms with Gasteiger partial charge < -0.3 is 15.2 Å². The van der Waals surface area contributed by atoms with E-state index in [1.165, 1.54) is 0 Å². The van der Waals surface area contributed by atoms with E-state index >= 15 is 0 Å². The van der Waals surface area contributed by atoms with Gasteiger partial charge in [0.15, 0.2) is 0 Å². The molecule has 37 heavy (non-hydrogen) atoms. The van der Waals surface area contributed by atoms with Crippen molar-refractivity contribution in [3.05, 3.63) is 91.8 Å². The normalized spacial score (nSPS) is 11.4. The van der Waals surface area contributed by atoms with Crippen molar-refractivity contribution in [2.24, 2.45) is 0 Å². The Kier molecular flexibility index (Phi) is 5.71. The molecule has 182 valence electrons. The Hall–Kier alpha value is -4.82. The Morgan fingerprint density at radius 3 is 2.65 bits per heavy atom. The maximum atomic E-state index is 4.66. The number of hydrogen-bond acceptors (Lipinski definition) is 6. The number of hydrogen-bond donors (Lipinski definition) is 3. The minimum Gasteiger partial charge on any atom is -0.357 e. The summed E-state index contributed by atoms with van der Waals surface area (Å²) in [6.07, 6.45) is 9.09. The molecule has 1 aromatic carbocycles. The molecule has 8 nitrogen and oxygen atoms in total. The summed E-state index contributed by atoms with van der Waals surface area (Å²) in [5.74, 6) is 0. The number of likely N-dealkylation sites (N-methyl/N-ethyl adjacent to an activating group) is 1. The SMILES string of the molecule is C=C(CN(C)C)Nc1cncc(-c2cc3c(-c4cc5c(-c6cccnc6)cccc5[nH]4)n[nH]c3cn2)c1. The van der Waals surface area contributed by atoms with Crippen molar-refractivity contribution in [2.75, 3.05) is 26.0 Å². The molecule has 0 saturated heterocycles. The number of aromatic nitrogens is 6. The van der Waals surface area contributed by atoms with Crippen LogP contribution in [0.3, 0.4) is 0 Å². The number of pyridine rings is 3. The van der Waals surface area contributed by atoms with Gasteiger partial charge in [-0.2, -0.15) is 5.10 Å². The quantitative estimate of drug-likeness (QED) is 0.267. The highest BCUT2D eigenvalue weighted by molar-refractivity contribution is 6.01. The van der Waals surface area contributed by atoms with E-state index in [0.717, 1.165) is 73.5 Å². The van der Waals surface area contributed by atoms with Crippen LogP contribution in [0.5, 0.6) is 0 Å². The zero-order valence-electron chi connectivity index (χ0n) is 20.7. The number of benzene rings is 1. The first-order chi connectivity index (χ1) is 18.0. The van der Waals surface area contributed by atoms with Crippen LogP contribution in [-0.2, 0) is 0 Å². The zero-order chi connectivity index (χ0) is 25.4. The maximum absolute atomic E-state index is 4.66. The first kappa shape index (κ1) is 22.6. The molecular formula is C29H26N8. The van der Waals surface area contributed by atoms with E-state index in [4.69, 9.17) is 0 Å². The highest BCUT2D eigenvalue weighted by atomic mass is 15.1. The first-order valence-corrected chi connectivity index (χ1v) is 12.0. The van der Waals surface area contributed by atoms with E-state index in [1.807, 2.05) is 44.8 Å². The Bertz CT molecular complexity index is 1730. The first-order valence-electron chi connectivity index (χ1n) is 12.0. The molecule has 5 aromatic heterocycles. The van der Waals surface area contributed by atoms with Crippen LogP contribution in [0.25, 0.3) is 55.6 Å². The molecule has 0 aliphatic carbocycles. The van der Waals surface area contributed by atoms with E-state index in [9.17, 15) is 0 Å². The summed E-state index contributed by atoms with van der Waals surface area (Å²) >= 11 is 0. The van der Waals surface area contributed by atoms with Crippen molar-refractivity contribution < 1.29 is 0 Å². The van der Waals surface area contributed by atoms with Crippen molar-refractivity contribution in [1.82, 2.24) is 35.0 Å². The Balaban J connectivity index is 1.38. The third kappa shape index (κ3) is 4.46. The molecule has 0 aliphatic rings. The molecule has 0 amide bonds. The topological polar surface area (TPSA) is 98.4 Å². The smallest absolute Gasteiger partial charge is 0.116 e. The lowest BCUT2D eigenvalue weighted by Crippen LogP contribution is -2.18. The Morgan fingerprint density at radius 2 is 1.81 bits per heavy atom. The van der Waals surface area contributed by atoms with Crippen LogP contribution in [0.1, 0.15) is 0 Å². The van der Waals surface area contributed by atoms with Gasteiger partial charge in [0.25, 0.3) is 0 Å². The lowest BCUT2D eigenvalue weighted by Gasteiger charge is -2.14. The molecule has 0 radical (unpaired) electrons. The van der Waals surface area contributed by atoms with Crippen molar-refractivity contribution in [3.8, 4) is 33.8 Å². The summed E-state index contributed by atoms with van der Waals surface area (Å²) in [5, 5.41) is 13.2. The third-order valence-corrected chi connectivity index (χ3v) is 6.20. The molecule has 0 unspecified atom stereocenters. The van der Waals surface area contributed by atoms with Gasteiger partial charge in [0.05, 0.1) is 35.0 Å². The van der Waals surface area contributed by atoms with E-state index in [0.29, 0.717) is 0 Å². The summed E-state index contributed by atoms with van der Waals surface area (Å²) in [4.78, 5) is 19.0. The molecule has 0 spiro atoms. The lowest BCUT2D eigenvalue weighted by atomic mass is 10.0. The van der Waals surface area contributed by atoms with Gasteiger partial charge in [-0.05, 0) is 50.0 Å². The summed E-state index contributed by atoms with van der Waals surface area (Å²) in [6, 6.07) is 16.5. The molecule has 0 fully saturated rings. The van der Waals surface area contributed by atoms with Gasteiger partial charge in [-0.3, -0.25) is 20.1 Å². The van der Waals surface area contributed by atoms with Crippen LogP contribution in [0.15, 0.2) is 91.8 Å². The molecule has 0 atom stereocenters. The lowest BCUT2D eigenvalue weighted by molar-refractivity contribution is 0.447. The zero-order valence-corrected chi connectivity index (χ0v) is 20.7. The van der Waals surface area contributed by atoms with Crippen molar-refractivity contribution >= 4 is 27.5 Å². The summed E-state index contributed by atoms with van der Waals surface area (Å²) < 4.78 is 0. The fraction of sp³-hybridized carbons (Fsp3) is 0.103. The molecule has 0 saturated carbocycles. The predicted octanol–water partition coefficient (Wildman–Crippen LogP) is 5.72. The number of aromatic amines is 2. The van der Waals surface area contributed by atoms with Gasteiger partial charge in [0, 0.05) is 58.2 Å². The highest BCUT2D eigenvalue weighted by Gasteiger charge is 2.15. The number of rotatable bonds is 7. The van der Waals surface area contributed by atoms with Crippen LogP contribution in [0.4, 0.5) is 5.69 Å². The van der Waals surface area contributed by atoms with E-state index < -0.39 is 0 Å². The van der Waals surface area contributed by atoms with Crippen LogP contribution < -0.4 is 5.32 Å².